The standard InChI is InChI=1S/C20H27N3O2/c1-4-17(13-24)22-7-9-23(10-8-22)20(25)18-12-16-6-5-14(2)11-19(16)21-15(18)3/h5-6,11-12,17,24H,4,7-10,13H2,1-3H3. The number of carbonyl (C=O) groups is 1. The van der Waals surface area contributed by atoms with E-state index in [4.69, 9.17) is 0 Å². The van der Waals surface area contributed by atoms with Crippen LogP contribution < -0.4 is 0 Å². The summed E-state index contributed by atoms with van der Waals surface area (Å²) in [4.78, 5) is 21.8. The molecule has 0 radical (unpaired) electrons. The first-order valence-electron chi connectivity index (χ1n) is 9.05. The number of hydrogen-bond donors (Lipinski definition) is 1. The highest BCUT2D eigenvalue weighted by atomic mass is 16.3. The predicted molar refractivity (Wildman–Crippen MR) is 99.9 cm³/mol. The van der Waals surface area contributed by atoms with Crippen LogP contribution in [0.15, 0.2) is 24.3 Å². The first-order chi connectivity index (χ1) is 12.0. The van der Waals surface area contributed by atoms with Crippen molar-refractivity contribution in [3.05, 3.63) is 41.1 Å². The van der Waals surface area contributed by atoms with Gasteiger partial charge in [0, 0.05) is 37.6 Å². The van der Waals surface area contributed by atoms with Gasteiger partial charge >= 0.3 is 0 Å². The van der Waals surface area contributed by atoms with Crippen molar-refractivity contribution in [1.82, 2.24) is 14.8 Å². The normalized spacial score (nSPS) is 17.0. The molecule has 5 nitrogen and oxygen atoms in total. The zero-order valence-corrected chi connectivity index (χ0v) is 15.3. The largest absolute Gasteiger partial charge is 0.395 e. The molecule has 1 saturated heterocycles. The Kier molecular flexibility index (Phi) is 5.35. The van der Waals surface area contributed by atoms with Crippen molar-refractivity contribution < 1.29 is 9.90 Å². The third-order valence-corrected chi connectivity index (χ3v) is 5.19. The van der Waals surface area contributed by atoms with Gasteiger partial charge in [0.25, 0.3) is 5.91 Å². The predicted octanol–water partition coefficient (Wildman–Crippen LogP) is 2.38. The molecule has 1 unspecified atom stereocenters. The molecule has 0 saturated carbocycles. The molecule has 1 aromatic heterocycles. The highest BCUT2D eigenvalue weighted by molar-refractivity contribution is 5.98. The lowest BCUT2D eigenvalue weighted by molar-refractivity contribution is 0.0471. The second-order valence-electron chi connectivity index (χ2n) is 6.89. The summed E-state index contributed by atoms with van der Waals surface area (Å²) in [6.45, 7) is 9.23. The van der Waals surface area contributed by atoms with Gasteiger partial charge in [-0.15, -0.1) is 0 Å². The van der Waals surface area contributed by atoms with Gasteiger partial charge in [0.05, 0.1) is 23.4 Å². The van der Waals surface area contributed by atoms with Crippen molar-refractivity contribution in [2.45, 2.75) is 33.2 Å². The van der Waals surface area contributed by atoms with Crippen molar-refractivity contribution in [2.75, 3.05) is 32.8 Å². The van der Waals surface area contributed by atoms with Gasteiger partial charge in [-0.05, 0) is 38.0 Å². The number of hydrogen-bond acceptors (Lipinski definition) is 4. The van der Waals surface area contributed by atoms with E-state index in [9.17, 15) is 9.90 Å². The van der Waals surface area contributed by atoms with Crippen molar-refractivity contribution in [3.63, 3.8) is 0 Å². The van der Waals surface area contributed by atoms with Crippen LogP contribution in [0.5, 0.6) is 0 Å². The molecule has 1 amide bonds. The van der Waals surface area contributed by atoms with Crippen LogP contribution in [0.25, 0.3) is 10.9 Å². The minimum absolute atomic E-state index is 0.0594. The van der Waals surface area contributed by atoms with Crippen LogP contribution in [0.3, 0.4) is 0 Å². The first kappa shape index (κ1) is 17.8. The van der Waals surface area contributed by atoms with Gasteiger partial charge < -0.3 is 10.0 Å². The highest BCUT2D eigenvalue weighted by Crippen LogP contribution is 2.20. The van der Waals surface area contributed by atoms with Crippen molar-refractivity contribution in [1.29, 1.82) is 0 Å². The number of piperazine rings is 1. The number of amides is 1. The van der Waals surface area contributed by atoms with E-state index in [1.54, 1.807) is 0 Å². The second-order valence-corrected chi connectivity index (χ2v) is 6.89. The van der Waals surface area contributed by atoms with Gasteiger partial charge in [-0.25, -0.2) is 0 Å². The second kappa shape index (κ2) is 7.50. The molecule has 1 aliphatic rings. The Morgan fingerprint density at radius 3 is 2.56 bits per heavy atom. The lowest BCUT2D eigenvalue weighted by Crippen LogP contribution is -2.52. The molecule has 25 heavy (non-hydrogen) atoms. The van der Waals surface area contributed by atoms with Gasteiger partial charge in [-0.1, -0.05) is 19.1 Å². The van der Waals surface area contributed by atoms with Gasteiger partial charge in [-0.3, -0.25) is 14.7 Å². The number of nitrogens with zero attached hydrogens (tertiary/aromatic N) is 3. The molecule has 1 aliphatic heterocycles. The summed E-state index contributed by atoms with van der Waals surface area (Å²) in [5.41, 5.74) is 3.59. The summed E-state index contributed by atoms with van der Waals surface area (Å²) >= 11 is 0. The van der Waals surface area contributed by atoms with Crippen LogP contribution in [0, 0.1) is 13.8 Å². The number of aliphatic hydroxyl groups excluding tert-OH is 1. The number of benzene rings is 1. The Morgan fingerprint density at radius 1 is 1.20 bits per heavy atom. The summed E-state index contributed by atoms with van der Waals surface area (Å²) in [6.07, 6.45) is 0.928. The third kappa shape index (κ3) is 3.67. The van der Waals surface area contributed by atoms with E-state index in [0.29, 0.717) is 18.7 Å². The fourth-order valence-corrected chi connectivity index (χ4v) is 3.55. The number of carbonyl (C=O) groups excluding carboxylic acids is 1. The minimum Gasteiger partial charge on any atom is -0.395 e. The average Bonchev–Trinajstić information content (AvgIpc) is 2.62. The van der Waals surface area contributed by atoms with E-state index in [0.717, 1.165) is 36.1 Å². The summed E-state index contributed by atoms with van der Waals surface area (Å²) in [5.74, 6) is 0.0594. The highest BCUT2D eigenvalue weighted by Gasteiger charge is 2.26. The molecule has 1 fully saturated rings. The molecule has 5 heteroatoms. The van der Waals surface area contributed by atoms with Crippen LogP contribution in [0.2, 0.25) is 0 Å². The molecular formula is C20H27N3O2. The van der Waals surface area contributed by atoms with E-state index in [1.165, 1.54) is 5.56 Å². The average molecular weight is 341 g/mol. The molecule has 1 aromatic carbocycles. The van der Waals surface area contributed by atoms with E-state index in [2.05, 4.69) is 22.9 Å². The Hall–Kier alpha value is -1.98. The Morgan fingerprint density at radius 2 is 1.92 bits per heavy atom. The molecule has 1 atom stereocenters. The van der Waals surface area contributed by atoms with Crippen molar-refractivity contribution in [2.24, 2.45) is 0 Å². The monoisotopic (exact) mass is 341 g/mol. The Labute approximate surface area is 149 Å². The maximum absolute atomic E-state index is 13.0. The molecule has 1 N–H and O–H groups in total. The number of aryl methyl sites for hydroxylation is 2. The lowest BCUT2D eigenvalue weighted by Gasteiger charge is -2.38. The molecule has 0 spiro atoms. The molecule has 0 bridgehead atoms. The quantitative estimate of drug-likeness (QED) is 0.928. The molecular weight excluding hydrogens is 314 g/mol. The van der Waals surface area contributed by atoms with Crippen LogP contribution in [0.4, 0.5) is 0 Å². The van der Waals surface area contributed by atoms with Gasteiger partial charge in [0.1, 0.15) is 0 Å². The fourth-order valence-electron chi connectivity index (χ4n) is 3.55. The van der Waals surface area contributed by atoms with Gasteiger partial charge in [-0.2, -0.15) is 0 Å². The number of pyridine rings is 1. The molecule has 3 rings (SSSR count). The van der Waals surface area contributed by atoms with Crippen molar-refractivity contribution in [3.8, 4) is 0 Å². The topological polar surface area (TPSA) is 56.7 Å². The summed E-state index contributed by atoms with van der Waals surface area (Å²) in [5, 5.41) is 10.5. The van der Waals surface area contributed by atoms with E-state index < -0.39 is 0 Å². The lowest BCUT2D eigenvalue weighted by atomic mass is 10.1. The minimum atomic E-state index is 0.0594. The molecule has 2 aromatic rings. The number of fused-ring (bicyclic) bond motifs is 1. The summed E-state index contributed by atoms with van der Waals surface area (Å²) < 4.78 is 0. The maximum atomic E-state index is 13.0. The molecule has 2 heterocycles. The molecule has 134 valence electrons. The number of aromatic nitrogens is 1. The third-order valence-electron chi connectivity index (χ3n) is 5.19. The van der Waals surface area contributed by atoms with E-state index in [1.807, 2.05) is 36.9 Å². The smallest absolute Gasteiger partial charge is 0.255 e. The Bertz CT molecular complexity index is 763. The zero-order valence-electron chi connectivity index (χ0n) is 15.3. The first-order valence-corrected chi connectivity index (χ1v) is 9.05. The van der Waals surface area contributed by atoms with Crippen LogP contribution >= 0.6 is 0 Å². The van der Waals surface area contributed by atoms with Crippen LogP contribution in [0.1, 0.15) is 35.0 Å². The van der Waals surface area contributed by atoms with E-state index >= 15 is 0 Å². The molecule has 0 aliphatic carbocycles. The fraction of sp³-hybridized carbons (Fsp3) is 0.500. The Balaban J connectivity index is 1.77. The SMILES string of the molecule is CCC(CO)N1CCN(C(=O)c2cc3ccc(C)cc3nc2C)CC1. The van der Waals surface area contributed by atoms with Crippen LogP contribution in [-0.2, 0) is 0 Å². The zero-order chi connectivity index (χ0) is 18.0. The summed E-state index contributed by atoms with van der Waals surface area (Å²) in [6, 6.07) is 8.29. The number of rotatable bonds is 4. The van der Waals surface area contributed by atoms with Gasteiger partial charge in [0.15, 0.2) is 0 Å². The summed E-state index contributed by atoms with van der Waals surface area (Å²) in [7, 11) is 0. The maximum Gasteiger partial charge on any atom is 0.255 e. The number of aliphatic hydroxyl groups is 1. The van der Waals surface area contributed by atoms with Gasteiger partial charge in [0.2, 0.25) is 0 Å². The van der Waals surface area contributed by atoms with Crippen molar-refractivity contribution >= 4 is 16.8 Å². The van der Waals surface area contributed by atoms with Crippen LogP contribution in [-0.4, -0.2) is 64.6 Å². The van der Waals surface area contributed by atoms with E-state index in [-0.39, 0.29) is 18.6 Å².